The van der Waals surface area contributed by atoms with Crippen LogP contribution >= 0.6 is 11.3 Å². The lowest BCUT2D eigenvalue weighted by molar-refractivity contribution is 1.35. The van der Waals surface area contributed by atoms with Crippen LogP contribution in [0.15, 0.2) is 23.8 Å². The lowest BCUT2D eigenvalue weighted by Gasteiger charge is -1.98. The third-order valence-corrected chi connectivity index (χ3v) is 2.50. The third kappa shape index (κ3) is 0.973. The molecule has 2 heterocycles. The van der Waals surface area contributed by atoms with E-state index in [1.165, 1.54) is 10.1 Å². The molecule has 0 unspecified atom stereocenters. The van der Waals surface area contributed by atoms with E-state index in [2.05, 4.69) is 21.7 Å². The lowest BCUT2D eigenvalue weighted by atomic mass is 10.3. The number of hydrogen-bond acceptors (Lipinski definition) is 3. The summed E-state index contributed by atoms with van der Waals surface area (Å²) in [7, 11) is 1.91. The minimum absolute atomic E-state index is 1.10. The van der Waals surface area contributed by atoms with E-state index in [0.29, 0.717) is 0 Å². The lowest BCUT2D eigenvalue weighted by Crippen LogP contribution is -1.88. The molecule has 0 spiro atoms. The Morgan fingerprint density at radius 2 is 2.36 bits per heavy atom. The first kappa shape index (κ1) is 6.61. The van der Waals surface area contributed by atoms with Gasteiger partial charge in [-0.3, -0.25) is 4.98 Å². The molecule has 0 atom stereocenters. The molecule has 0 aliphatic carbocycles. The van der Waals surface area contributed by atoms with E-state index in [4.69, 9.17) is 0 Å². The molecule has 0 aliphatic heterocycles. The smallest absolute Gasteiger partial charge is 0.0612 e. The summed E-state index contributed by atoms with van der Waals surface area (Å²) in [6.45, 7) is 0. The second-order valence-electron chi connectivity index (χ2n) is 2.27. The van der Waals surface area contributed by atoms with Crippen LogP contribution in [0.1, 0.15) is 0 Å². The zero-order valence-electron chi connectivity index (χ0n) is 6.16. The number of rotatable bonds is 1. The van der Waals surface area contributed by atoms with Crippen molar-refractivity contribution in [2.24, 2.45) is 0 Å². The van der Waals surface area contributed by atoms with Crippen molar-refractivity contribution in [2.45, 2.75) is 0 Å². The second-order valence-corrected chi connectivity index (χ2v) is 3.22. The number of fused-ring (bicyclic) bond motifs is 1. The van der Waals surface area contributed by atoms with Crippen molar-refractivity contribution in [2.75, 3.05) is 12.4 Å². The molecule has 2 rings (SSSR count). The molecular formula is C8H8N2S. The Balaban J connectivity index is 2.79. The number of aromatic nitrogens is 1. The van der Waals surface area contributed by atoms with Crippen molar-refractivity contribution in [3.05, 3.63) is 23.8 Å². The summed E-state index contributed by atoms with van der Waals surface area (Å²) in [6.07, 6.45) is 3.73. The molecule has 0 aromatic carbocycles. The summed E-state index contributed by atoms with van der Waals surface area (Å²) in [6, 6.07) is 2.10. The quantitative estimate of drug-likeness (QED) is 0.699. The Bertz CT molecular complexity index is 367. The second kappa shape index (κ2) is 2.51. The van der Waals surface area contributed by atoms with E-state index in [1.54, 1.807) is 11.3 Å². The fourth-order valence-electron chi connectivity index (χ4n) is 1.09. The van der Waals surface area contributed by atoms with Gasteiger partial charge in [0.15, 0.2) is 0 Å². The van der Waals surface area contributed by atoms with Crippen LogP contribution in [0.2, 0.25) is 0 Å². The zero-order valence-corrected chi connectivity index (χ0v) is 6.98. The maximum absolute atomic E-state index is 4.10. The highest BCUT2D eigenvalue weighted by Crippen LogP contribution is 2.25. The first-order chi connectivity index (χ1) is 5.42. The van der Waals surface area contributed by atoms with Gasteiger partial charge in [-0.05, 0) is 11.4 Å². The van der Waals surface area contributed by atoms with Crippen molar-refractivity contribution in [1.82, 2.24) is 4.98 Å². The minimum Gasteiger partial charge on any atom is -0.386 e. The van der Waals surface area contributed by atoms with Crippen LogP contribution in [-0.2, 0) is 0 Å². The zero-order chi connectivity index (χ0) is 7.68. The number of hydrogen-bond donors (Lipinski definition) is 1. The van der Waals surface area contributed by atoms with Gasteiger partial charge in [-0.2, -0.15) is 0 Å². The Morgan fingerprint density at radius 3 is 3.18 bits per heavy atom. The van der Waals surface area contributed by atoms with Gasteiger partial charge >= 0.3 is 0 Å². The van der Waals surface area contributed by atoms with Gasteiger partial charge in [-0.25, -0.2) is 0 Å². The number of nitrogens with zero attached hydrogens (tertiary/aromatic N) is 1. The summed E-state index contributed by atoms with van der Waals surface area (Å²) in [4.78, 5) is 4.10. The molecule has 0 amide bonds. The molecule has 0 bridgehead atoms. The molecule has 0 fully saturated rings. The normalized spacial score (nSPS) is 10.3. The molecule has 11 heavy (non-hydrogen) atoms. The van der Waals surface area contributed by atoms with Crippen LogP contribution in [0.5, 0.6) is 0 Å². The van der Waals surface area contributed by atoms with E-state index in [0.717, 1.165) is 5.69 Å². The van der Waals surface area contributed by atoms with Gasteiger partial charge in [0.1, 0.15) is 0 Å². The van der Waals surface area contributed by atoms with Gasteiger partial charge in [-0.1, -0.05) is 0 Å². The summed E-state index contributed by atoms with van der Waals surface area (Å²) in [5, 5.41) is 6.43. The molecule has 2 aromatic heterocycles. The van der Waals surface area contributed by atoms with Gasteiger partial charge in [-0.15, -0.1) is 11.3 Å². The van der Waals surface area contributed by atoms with E-state index >= 15 is 0 Å². The summed E-state index contributed by atoms with van der Waals surface area (Å²) < 4.78 is 1.23. The molecule has 2 aromatic rings. The van der Waals surface area contributed by atoms with Crippen molar-refractivity contribution in [3.63, 3.8) is 0 Å². The number of thiophene rings is 1. The van der Waals surface area contributed by atoms with Gasteiger partial charge in [0.2, 0.25) is 0 Å². The fourth-order valence-corrected chi connectivity index (χ4v) is 1.87. The standard InChI is InChI=1S/C8H8N2S/c1-9-7-4-10-5-8-6(7)2-3-11-8/h2-5,9H,1H3. The molecular weight excluding hydrogens is 156 g/mol. The largest absolute Gasteiger partial charge is 0.386 e. The Morgan fingerprint density at radius 1 is 1.45 bits per heavy atom. The predicted molar refractivity (Wildman–Crippen MR) is 49.2 cm³/mol. The highest BCUT2D eigenvalue weighted by atomic mass is 32.1. The van der Waals surface area contributed by atoms with Gasteiger partial charge in [0.25, 0.3) is 0 Å². The number of pyridine rings is 1. The number of nitrogens with one attached hydrogen (secondary N) is 1. The first-order valence-corrected chi connectivity index (χ1v) is 4.29. The van der Waals surface area contributed by atoms with Crippen LogP contribution in [-0.4, -0.2) is 12.0 Å². The van der Waals surface area contributed by atoms with Crippen molar-refractivity contribution >= 4 is 27.1 Å². The summed E-state index contributed by atoms with van der Waals surface area (Å²) >= 11 is 1.71. The topological polar surface area (TPSA) is 24.9 Å². The molecule has 56 valence electrons. The van der Waals surface area contributed by atoms with E-state index < -0.39 is 0 Å². The molecule has 2 nitrogen and oxygen atoms in total. The number of anilines is 1. The molecule has 0 aliphatic rings. The summed E-state index contributed by atoms with van der Waals surface area (Å²) in [5.41, 5.74) is 1.10. The van der Waals surface area contributed by atoms with Crippen molar-refractivity contribution < 1.29 is 0 Å². The highest BCUT2D eigenvalue weighted by molar-refractivity contribution is 7.17. The van der Waals surface area contributed by atoms with Crippen LogP contribution in [0, 0.1) is 0 Å². The highest BCUT2D eigenvalue weighted by Gasteiger charge is 1.98. The average Bonchev–Trinajstić information content (AvgIpc) is 2.50. The SMILES string of the molecule is CNc1cncc2sccc12. The van der Waals surface area contributed by atoms with Crippen LogP contribution < -0.4 is 5.32 Å². The average molecular weight is 164 g/mol. The van der Waals surface area contributed by atoms with Crippen LogP contribution in [0.3, 0.4) is 0 Å². The molecule has 1 N–H and O–H groups in total. The Kier molecular flexibility index (Phi) is 1.51. The van der Waals surface area contributed by atoms with Gasteiger partial charge in [0, 0.05) is 18.6 Å². The van der Waals surface area contributed by atoms with Gasteiger partial charge < -0.3 is 5.32 Å². The fraction of sp³-hybridized carbons (Fsp3) is 0.125. The Hall–Kier alpha value is -1.09. The maximum Gasteiger partial charge on any atom is 0.0612 e. The van der Waals surface area contributed by atoms with Crippen molar-refractivity contribution in [1.29, 1.82) is 0 Å². The van der Waals surface area contributed by atoms with Crippen LogP contribution in [0.4, 0.5) is 5.69 Å². The van der Waals surface area contributed by atoms with E-state index in [1.807, 2.05) is 19.4 Å². The first-order valence-electron chi connectivity index (χ1n) is 3.41. The maximum atomic E-state index is 4.10. The minimum atomic E-state index is 1.10. The van der Waals surface area contributed by atoms with Crippen LogP contribution in [0.25, 0.3) is 10.1 Å². The third-order valence-electron chi connectivity index (χ3n) is 1.65. The summed E-state index contributed by atoms with van der Waals surface area (Å²) in [5.74, 6) is 0. The van der Waals surface area contributed by atoms with E-state index in [-0.39, 0.29) is 0 Å². The van der Waals surface area contributed by atoms with E-state index in [9.17, 15) is 0 Å². The van der Waals surface area contributed by atoms with Crippen molar-refractivity contribution in [3.8, 4) is 0 Å². The Labute approximate surface area is 68.9 Å². The molecule has 0 saturated heterocycles. The monoisotopic (exact) mass is 164 g/mol. The van der Waals surface area contributed by atoms with Gasteiger partial charge in [0.05, 0.1) is 16.6 Å². The molecule has 0 radical (unpaired) electrons. The molecule has 0 saturated carbocycles. The molecule has 3 heteroatoms. The predicted octanol–water partition coefficient (Wildman–Crippen LogP) is 2.34.